The van der Waals surface area contributed by atoms with Gasteiger partial charge in [0.25, 0.3) is 5.91 Å². The van der Waals surface area contributed by atoms with Gasteiger partial charge in [0.15, 0.2) is 16.3 Å². The van der Waals surface area contributed by atoms with Crippen LogP contribution in [-0.4, -0.2) is 37.4 Å². The molecule has 3 aromatic rings. The summed E-state index contributed by atoms with van der Waals surface area (Å²) >= 11 is 1.48. The van der Waals surface area contributed by atoms with Gasteiger partial charge >= 0.3 is 0 Å². The zero-order chi connectivity index (χ0) is 23.1. The van der Waals surface area contributed by atoms with E-state index in [2.05, 4.69) is 16.5 Å². The van der Waals surface area contributed by atoms with Crippen LogP contribution in [0.2, 0.25) is 0 Å². The molecule has 0 unspecified atom stereocenters. The van der Waals surface area contributed by atoms with Gasteiger partial charge in [-0.05, 0) is 51.5 Å². The number of amides is 1. The number of aromatic nitrogens is 1. The van der Waals surface area contributed by atoms with E-state index in [1.54, 1.807) is 19.2 Å². The molecule has 0 saturated carbocycles. The number of thiazole rings is 1. The number of carbonyl (C=O) groups excluding carboxylic acids is 1. The second-order valence-electron chi connectivity index (χ2n) is 6.89. The molecule has 2 aromatic carbocycles. The molecule has 0 aliphatic rings. The number of hydrogen-bond acceptors (Lipinski definition) is 6. The number of carbonyl (C=O) groups is 1. The maximum Gasteiger partial charge on any atom is 0.279 e. The summed E-state index contributed by atoms with van der Waals surface area (Å²) in [4.78, 5) is 18.3. The molecule has 0 atom stereocenters. The van der Waals surface area contributed by atoms with Crippen molar-refractivity contribution < 1.29 is 23.7 Å². The molecule has 0 bridgehead atoms. The zero-order valence-corrected chi connectivity index (χ0v) is 20.1. The van der Waals surface area contributed by atoms with Gasteiger partial charge in [-0.2, -0.15) is 4.99 Å². The van der Waals surface area contributed by atoms with Gasteiger partial charge in [0.1, 0.15) is 5.75 Å². The third-order valence-corrected chi connectivity index (χ3v) is 5.75. The van der Waals surface area contributed by atoms with Crippen LogP contribution in [0, 0.1) is 0 Å². The van der Waals surface area contributed by atoms with Crippen LogP contribution in [0.3, 0.4) is 0 Å². The molecule has 0 radical (unpaired) electrons. The lowest BCUT2D eigenvalue weighted by Gasteiger charge is -2.16. The monoisotopic (exact) mass is 458 g/mol. The minimum Gasteiger partial charge on any atom is -0.497 e. The van der Waals surface area contributed by atoms with E-state index in [0.717, 1.165) is 28.9 Å². The Labute approximate surface area is 192 Å². The Morgan fingerprint density at radius 3 is 2.19 bits per heavy atom. The molecule has 1 heterocycles. The lowest BCUT2D eigenvalue weighted by molar-refractivity contribution is 0.0996. The van der Waals surface area contributed by atoms with Gasteiger partial charge in [-0.3, -0.25) is 4.79 Å². The third-order valence-electron chi connectivity index (χ3n) is 4.69. The predicted molar refractivity (Wildman–Crippen MR) is 127 cm³/mol. The molecule has 172 valence electrons. The Hall–Kier alpha value is -3.00. The maximum atomic E-state index is 13.2. The first-order valence-electron chi connectivity index (χ1n) is 10.9. The van der Waals surface area contributed by atoms with E-state index in [1.807, 2.05) is 39.0 Å². The quantitative estimate of drug-likeness (QED) is 0.425. The minimum atomic E-state index is -0.363. The lowest BCUT2D eigenvalue weighted by Crippen LogP contribution is -2.17. The molecule has 32 heavy (non-hydrogen) atoms. The summed E-state index contributed by atoms with van der Waals surface area (Å²) in [6.07, 6.45) is 0.913. The summed E-state index contributed by atoms with van der Waals surface area (Å²) in [6.45, 7) is 9.84. The first-order chi connectivity index (χ1) is 15.6. The Bertz CT molecular complexity index is 1120. The Balaban J connectivity index is 2.12. The average Bonchev–Trinajstić information content (AvgIpc) is 3.12. The molecule has 1 amide bonds. The number of benzene rings is 2. The summed E-state index contributed by atoms with van der Waals surface area (Å²) in [5, 5.41) is 0. The van der Waals surface area contributed by atoms with Gasteiger partial charge in [-0.25, -0.2) is 0 Å². The van der Waals surface area contributed by atoms with Crippen molar-refractivity contribution in [3.8, 4) is 23.0 Å². The summed E-state index contributed by atoms with van der Waals surface area (Å²) in [5.74, 6) is 1.86. The van der Waals surface area contributed by atoms with Crippen LogP contribution in [0.5, 0.6) is 23.0 Å². The van der Waals surface area contributed by atoms with Crippen LogP contribution in [-0.2, 0) is 6.54 Å². The molecular weight excluding hydrogens is 428 g/mol. The normalized spacial score (nSPS) is 11.6. The van der Waals surface area contributed by atoms with E-state index in [-0.39, 0.29) is 5.91 Å². The number of rotatable bonds is 10. The fourth-order valence-corrected chi connectivity index (χ4v) is 4.40. The van der Waals surface area contributed by atoms with Crippen molar-refractivity contribution >= 4 is 27.5 Å². The molecular formula is C24H30N2O5S. The molecule has 0 aliphatic heterocycles. The van der Waals surface area contributed by atoms with Crippen molar-refractivity contribution in [2.45, 2.75) is 40.7 Å². The van der Waals surface area contributed by atoms with Crippen molar-refractivity contribution in [1.82, 2.24) is 4.57 Å². The highest BCUT2D eigenvalue weighted by Gasteiger charge is 2.19. The van der Waals surface area contributed by atoms with Crippen LogP contribution in [0.15, 0.2) is 35.3 Å². The SMILES string of the molecule is CCCn1c(=NC(=O)c2cc(OCC)c(OCC)c(OCC)c2)sc2ccc(OC)cc21. The minimum absolute atomic E-state index is 0.363. The van der Waals surface area contributed by atoms with E-state index in [0.29, 0.717) is 47.4 Å². The number of nitrogens with zero attached hydrogens (tertiary/aromatic N) is 2. The smallest absolute Gasteiger partial charge is 0.279 e. The van der Waals surface area contributed by atoms with Gasteiger partial charge in [0, 0.05) is 18.2 Å². The van der Waals surface area contributed by atoms with Crippen molar-refractivity contribution in [3.63, 3.8) is 0 Å². The zero-order valence-electron chi connectivity index (χ0n) is 19.3. The molecule has 0 spiro atoms. The molecule has 0 aliphatic carbocycles. The fraction of sp³-hybridized carbons (Fsp3) is 0.417. The van der Waals surface area contributed by atoms with Crippen LogP contribution in [0.1, 0.15) is 44.5 Å². The van der Waals surface area contributed by atoms with Gasteiger partial charge in [0.05, 0.1) is 37.1 Å². The highest BCUT2D eigenvalue weighted by molar-refractivity contribution is 7.16. The molecule has 8 heteroatoms. The summed E-state index contributed by atoms with van der Waals surface area (Å²) in [7, 11) is 1.64. The lowest BCUT2D eigenvalue weighted by atomic mass is 10.1. The molecule has 0 fully saturated rings. The first-order valence-corrected chi connectivity index (χ1v) is 11.7. The average molecular weight is 459 g/mol. The molecule has 1 aromatic heterocycles. The van der Waals surface area contributed by atoms with E-state index in [4.69, 9.17) is 18.9 Å². The highest BCUT2D eigenvalue weighted by Crippen LogP contribution is 2.39. The van der Waals surface area contributed by atoms with E-state index >= 15 is 0 Å². The number of hydrogen-bond donors (Lipinski definition) is 0. The standard InChI is InChI=1S/C24H30N2O5S/c1-6-12-26-18-15-17(28-5)10-11-21(18)32-24(26)25-23(27)16-13-19(29-7-2)22(31-9-4)20(14-16)30-8-3/h10-11,13-15H,6-9,12H2,1-5H3. The highest BCUT2D eigenvalue weighted by atomic mass is 32.1. The Kier molecular flexibility index (Phi) is 8.16. The number of fused-ring (bicyclic) bond motifs is 1. The summed E-state index contributed by atoms with van der Waals surface area (Å²) in [5.41, 5.74) is 1.39. The van der Waals surface area contributed by atoms with E-state index in [1.165, 1.54) is 11.3 Å². The molecule has 0 saturated heterocycles. The number of aryl methyl sites for hydroxylation is 1. The molecule has 0 N–H and O–H groups in total. The van der Waals surface area contributed by atoms with E-state index in [9.17, 15) is 4.79 Å². The van der Waals surface area contributed by atoms with Crippen molar-refractivity contribution in [3.05, 3.63) is 40.7 Å². The first kappa shape index (κ1) is 23.7. The summed E-state index contributed by atoms with van der Waals surface area (Å²) < 4.78 is 25.7. The second kappa shape index (κ2) is 11.0. The fourth-order valence-electron chi connectivity index (χ4n) is 3.36. The predicted octanol–water partition coefficient (Wildman–Crippen LogP) is 5.06. The summed E-state index contributed by atoms with van der Waals surface area (Å²) in [6, 6.07) is 9.22. The van der Waals surface area contributed by atoms with Crippen LogP contribution >= 0.6 is 11.3 Å². The van der Waals surface area contributed by atoms with E-state index < -0.39 is 0 Å². The van der Waals surface area contributed by atoms with Gasteiger partial charge in [-0.15, -0.1) is 0 Å². The Morgan fingerprint density at radius 2 is 1.62 bits per heavy atom. The van der Waals surface area contributed by atoms with Crippen molar-refractivity contribution in [2.75, 3.05) is 26.9 Å². The molecule has 3 rings (SSSR count). The van der Waals surface area contributed by atoms with Gasteiger partial charge in [0.2, 0.25) is 5.75 Å². The number of methoxy groups -OCH3 is 1. The van der Waals surface area contributed by atoms with Crippen LogP contribution in [0.4, 0.5) is 0 Å². The van der Waals surface area contributed by atoms with Crippen LogP contribution in [0.25, 0.3) is 10.2 Å². The van der Waals surface area contributed by atoms with Gasteiger partial charge in [-0.1, -0.05) is 18.3 Å². The largest absolute Gasteiger partial charge is 0.497 e. The van der Waals surface area contributed by atoms with Crippen LogP contribution < -0.4 is 23.7 Å². The Morgan fingerprint density at radius 1 is 0.969 bits per heavy atom. The number of ether oxygens (including phenoxy) is 4. The second-order valence-corrected chi connectivity index (χ2v) is 7.90. The van der Waals surface area contributed by atoms with Crippen molar-refractivity contribution in [1.29, 1.82) is 0 Å². The third kappa shape index (κ3) is 5.07. The molecule has 7 nitrogen and oxygen atoms in total. The maximum absolute atomic E-state index is 13.2. The van der Waals surface area contributed by atoms with Crippen molar-refractivity contribution in [2.24, 2.45) is 4.99 Å². The van der Waals surface area contributed by atoms with Gasteiger partial charge < -0.3 is 23.5 Å². The topological polar surface area (TPSA) is 71.3 Å².